The van der Waals surface area contributed by atoms with Crippen LogP contribution in [0.15, 0.2) is 12.1 Å². The second-order valence-corrected chi connectivity index (χ2v) is 21.0. The first-order valence-corrected chi connectivity index (χ1v) is 14.9. The summed E-state index contributed by atoms with van der Waals surface area (Å²) in [7, 11) is -0.628. The highest BCUT2D eigenvalue weighted by atomic mass is 35.5. The first-order valence-electron chi connectivity index (χ1n) is 11.1. The first kappa shape index (κ1) is 27.5. The van der Waals surface area contributed by atoms with Crippen molar-refractivity contribution in [1.82, 2.24) is 0 Å². The fourth-order valence-electron chi connectivity index (χ4n) is 4.57. The van der Waals surface area contributed by atoms with Crippen LogP contribution in [0.2, 0.25) is 10.0 Å². The lowest BCUT2D eigenvalue weighted by molar-refractivity contribution is 0.698. The van der Waals surface area contributed by atoms with Gasteiger partial charge in [-0.25, -0.2) is 0 Å². The summed E-state index contributed by atoms with van der Waals surface area (Å²) in [5.41, 5.74) is 2.27. The minimum absolute atomic E-state index is 0.239. The zero-order chi connectivity index (χ0) is 24.2. The molecular formula is C25H42Cl2N2P2. The lowest BCUT2D eigenvalue weighted by Gasteiger charge is -2.44. The van der Waals surface area contributed by atoms with Gasteiger partial charge in [0.05, 0.1) is 21.4 Å². The van der Waals surface area contributed by atoms with E-state index in [1.54, 1.807) is 0 Å². The number of benzene rings is 1. The van der Waals surface area contributed by atoms with Gasteiger partial charge in [0.25, 0.3) is 0 Å². The molecule has 0 atom stereocenters. The SMILES string of the molecule is CC(C)(C)P(CN1[C]N(CP(C(C)(C)C)C(C)(C)C)c2cc(Cl)c(Cl)cc21)C(C)(C)C. The molecule has 0 amide bonds. The average molecular weight is 503 g/mol. The number of hydrogen-bond acceptors (Lipinski definition) is 2. The van der Waals surface area contributed by atoms with Crippen LogP contribution >= 0.6 is 39.0 Å². The van der Waals surface area contributed by atoms with Gasteiger partial charge in [-0.05, 0) is 32.8 Å². The first-order chi connectivity index (χ1) is 13.7. The van der Waals surface area contributed by atoms with E-state index in [0.717, 1.165) is 23.9 Å². The quantitative estimate of drug-likeness (QED) is 0.378. The molecule has 1 aromatic rings. The van der Waals surface area contributed by atoms with E-state index in [1.807, 2.05) is 12.1 Å². The minimum atomic E-state index is -0.314. The Morgan fingerprint density at radius 2 is 0.871 bits per heavy atom. The van der Waals surface area contributed by atoms with Gasteiger partial charge in [0.2, 0.25) is 6.67 Å². The maximum Gasteiger partial charge on any atom is 0.209 e. The lowest BCUT2D eigenvalue weighted by Crippen LogP contribution is -2.36. The van der Waals surface area contributed by atoms with Crippen molar-refractivity contribution in [1.29, 1.82) is 0 Å². The maximum absolute atomic E-state index is 6.48. The van der Waals surface area contributed by atoms with Crippen molar-refractivity contribution in [2.24, 2.45) is 0 Å². The van der Waals surface area contributed by atoms with Crippen LogP contribution in [-0.4, -0.2) is 33.2 Å². The molecule has 2 radical (unpaired) electrons. The topological polar surface area (TPSA) is 6.48 Å². The van der Waals surface area contributed by atoms with E-state index in [4.69, 9.17) is 23.2 Å². The van der Waals surface area contributed by atoms with Crippen LogP contribution in [0.5, 0.6) is 0 Å². The summed E-state index contributed by atoms with van der Waals surface area (Å²) < 4.78 is 0. The van der Waals surface area contributed by atoms with E-state index in [2.05, 4.69) is 99.6 Å². The number of anilines is 2. The smallest absolute Gasteiger partial charge is 0.209 e. The third-order valence-corrected chi connectivity index (χ3v) is 14.0. The maximum atomic E-state index is 6.48. The van der Waals surface area contributed by atoms with Gasteiger partial charge in [-0.1, -0.05) is 122 Å². The molecule has 0 aromatic heterocycles. The Labute approximate surface area is 204 Å². The molecule has 0 saturated heterocycles. The van der Waals surface area contributed by atoms with E-state index in [9.17, 15) is 0 Å². The van der Waals surface area contributed by atoms with Crippen molar-refractivity contribution in [2.45, 2.75) is 104 Å². The van der Waals surface area contributed by atoms with Gasteiger partial charge in [-0.15, -0.1) is 0 Å². The van der Waals surface area contributed by atoms with Gasteiger partial charge in [-0.3, -0.25) is 0 Å². The van der Waals surface area contributed by atoms with Gasteiger partial charge < -0.3 is 9.80 Å². The summed E-state index contributed by atoms with van der Waals surface area (Å²) in [6, 6.07) is 4.06. The van der Waals surface area contributed by atoms with Crippen LogP contribution in [0.25, 0.3) is 0 Å². The second kappa shape index (κ2) is 9.13. The van der Waals surface area contributed by atoms with Crippen LogP contribution in [0.3, 0.4) is 0 Å². The van der Waals surface area contributed by atoms with Gasteiger partial charge >= 0.3 is 0 Å². The third-order valence-electron chi connectivity index (χ3n) is 5.65. The van der Waals surface area contributed by atoms with Crippen LogP contribution < -0.4 is 9.80 Å². The molecule has 0 unspecified atom stereocenters. The number of nitrogens with zero attached hydrogens (tertiary/aromatic N) is 2. The Kier molecular flexibility index (Phi) is 8.10. The summed E-state index contributed by atoms with van der Waals surface area (Å²) in [6.45, 7) is 32.1. The van der Waals surface area contributed by atoms with Crippen molar-refractivity contribution in [3.05, 3.63) is 28.8 Å². The lowest BCUT2D eigenvalue weighted by atomic mass is 10.2. The van der Waals surface area contributed by atoms with Crippen molar-refractivity contribution in [3.8, 4) is 0 Å². The number of halogens is 2. The summed E-state index contributed by atoms with van der Waals surface area (Å²) in [5, 5.41) is 2.17. The molecule has 0 bridgehead atoms. The Bertz CT molecular complexity index is 690. The molecule has 6 heteroatoms. The Morgan fingerprint density at radius 3 is 1.10 bits per heavy atom. The molecule has 31 heavy (non-hydrogen) atoms. The van der Waals surface area contributed by atoms with E-state index < -0.39 is 0 Å². The van der Waals surface area contributed by atoms with Crippen LogP contribution in [0, 0.1) is 6.67 Å². The Hall–Kier alpha value is 0.260. The molecule has 1 aromatic carbocycles. The van der Waals surface area contributed by atoms with Crippen molar-refractivity contribution in [3.63, 3.8) is 0 Å². The minimum Gasteiger partial charge on any atom is -0.335 e. The summed E-state index contributed by atoms with van der Waals surface area (Å²) >= 11 is 13.0. The van der Waals surface area contributed by atoms with Crippen molar-refractivity contribution >= 4 is 50.4 Å². The number of fused-ring (bicyclic) bond motifs is 1. The largest absolute Gasteiger partial charge is 0.335 e. The molecule has 0 aliphatic carbocycles. The standard InChI is InChI=1S/C25H42Cl2N2P2/c1-22(2,3)30(23(4,5)6)16-28-15-29(17-31(24(7,8)9)25(10,11)12)21-14-19(27)18(26)13-20(21)28/h13-14H,16-17H2,1-12H3. The molecule has 2 nitrogen and oxygen atoms in total. The summed E-state index contributed by atoms with van der Waals surface area (Å²) in [5.74, 6) is 0. The predicted octanol–water partition coefficient (Wildman–Crippen LogP) is 9.69. The molecule has 1 aliphatic rings. The Balaban J connectivity index is 2.47. The average Bonchev–Trinajstić information content (AvgIpc) is 2.83. The molecule has 0 saturated carbocycles. The third kappa shape index (κ3) is 6.66. The monoisotopic (exact) mass is 502 g/mol. The molecule has 0 fully saturated rings. The van der Waals surface area contributed by atoms with Gasteiger partial charge in [0.15, 0.2) is 0 Å². The zero-order valence-electron chi connectivity index (χ0n) is 21.6. The predicted molar refractivity (Wildman–Crippen MR) is 147 cm³/mol. The van der Waals surface area contributed by atoms with E-state index in [1.165, 1.54) is 0 Å². The number of hydrogen-bond donors (Lipinski definition) is 0. The van der Waals surface area contributed by atoms with Crippen LogP contribution in [-0.2, 0) is 0 Å². The number of rotatable bonds is 4. The molecule has 2 rings (SSSR count). The molecule has 0 N–H and O–H groups in total. The van der Waals surface area contributed by atoms with E-state index in [-0.39, 0.29) is 36.5 Å². The molecule has 176 valence electrons. The van der Waals surface area contributed by atoms with Crippen LogP contribution in [0.4, 0.5) is 11.4 Å². The highest BCUT2D eigenvalue weighted by Crippen LogP contribution is 2.63. The summed E-state index contributed by atoms with van der Waals surface area (Å²) in [4.78, 5) is 4.64. The van der Waals surface area contributed by atoms with Gasteiger partial charge in [-0.2, -0.15) is 0 Å². The van der Waals surface area contributed by atoms with Gasteiger partial charge in [0.1, 0.15) is 0 Å². The zero-order valence-corrected chi connectivity index (χ0v) is 24.9. The Morgan fingerprint density at radius 1 is 0.613 bits per heavy atom. The highest BCUT2D eigenvalue weighted by Gasteiger charge is 2.41. The molecule has 1 aliphatic heterocycles. The highest BCUT2D eigenvalue weighted by molar-refractivity contribution is 7.61. The van der Waals surface area contributed by atoms with E-state index in [0.29, 0.717) is 10.0 Å². The fraction of sp³-hybridized carbons (Fsp3) is 0.720. The van der Waals surface area contributed by atoms with Gasteiger partial charge in [0, 0.05) is 12.6 Å². The summed E-state index contributed by atoms with van der Waals surface area (Å²) in [6.07, 6.45) is 1.93. The normalized spacial score (nSPS) is 16.0. The molecular weight excluding hydrogens is 461 g/mol. The van der Waals surface area contributed by atoms with Crippen molar-refractivity contribution < 1.29 is 0 Å². The molecule has 1 heterocycles. The van der Waals surface area contributed by atoms with Crippen molar-refractivity contribution in [2.75, 3.05) is 22.4 Å². The fourth-order valence-corrected chi connectivity index (χ4v) is 11.6. The molecule has 0 spiro atoms. The van der Waals surface area contributed by atoms with Crippen LogP contribution in [0.1, 0.15) is 83.1 Å². The van der Waals surface area contributed by atoms with E-state index >= 15 is 0 Å². The second-order valence-electron chi connectivity index (χ2n) is 12.5.